The summed E-state index contributed by atoms with van der Waals surface area (Å²) in [6, 6.07) is 7.11. The first-order valence-corrected chi connectivity index (χ1v) is 6.95. The molecule has 108 valence electrons. The molecule has 0 aliphatic carbocycles. The van der Waals surface area contributed by atoms with Crippen molar-refractivity contribution < 1.29 is 9.84 Å². The molecule has 4 nitrogen and oxygen atoms in total. The second kappa shape index (κ2) is 9.15. The van der Waals surface area contributed by atoms with Crippen LogP contribution >= 0.6 is 11.6 Å². The zero-order valence-electron chi connectivity index (χ0n) is 11.6. The second-order valence-electron chi connectivity index (χ2n) is 4.52. The van der Waals surface area contributed by atoms with E-state index in [0.717, 1.165) is 19.6 Å². The van der Waals surface area contributed by atoms with Gasteiger partial charge in [-0.1, -0.05) is 18.5 Å². The van der Waals surface area contributed by atoms with Crippen molar-refractivity contribution in [1.82, 2.24) is 10.2 Å². The summed E-state index contributed by atoms with van der Waals surface area (Å²) in [7, 11) is 2.07. The highest BCUT2D eigenvalue weighted by Crippen LogP contribution is 2.15. The second-order valence-corrected chi connectivity index (χ2v) is 4.96. The van der Waals surface area contributed by atoms with E-state index >= 15 is 0 Å². The Hall–Kier alpha value is -0.810. The van der Waals surface area contributed by atoms with Crippen LogP contribution in [0.5, 0.6) is 5.75 Å². The van der Waals surface area contributed by atoms with Gasteiger partial charge in [0.05, 0.1) is 0 Å². The molecule has 19 heavy (non-hydrogen) atoms. The molecule has 0 spiro atoms. The number of aliphatic hydroxyl groups excluding tert-OH is 1. The van der Waals surface area contributed by atoms with Crippen LogP contribution in [0.3, 0.4) is 0 Å². The molecular weight excluding hydrogens is 264 g/mol. The first kappa shape index (κ1) is 16.2. The third-order valence-corrected chi connectivity index (χ3v) is 3.10. The lowest BCUT2D eigenvalue weighted by atomic mass is 10.3. The molecule has 1 rings (SSSR count). The summed E-state index contributed by atoms with van der Waals surface area (Å²) in [4.78, 5) is 2.21. The highest BCUT2D eigenvalue weighted by atomic mass is 35.5. The molecule has 0 radical (unpaired) electrons. The summed E-state index contributed by atoms with van der Waals surface area (Å²) >= 11 is 5.78. The summed E-state index contributed by atoms with van der Waals surface area (Å²) < 4.78 is 5.46. The fourth-order valence-electron chi connectivity index (χ4n) is 1.48. The number of nitrogens with zero attached hydrogens (tertiary/aromatic N) is 1. The van der Waals surface area contributed by atoms with Crippen LogP contribution < -0.4 is 10.1 Å². The van der Waals surface area contributed by atoms with E-state index in [2.05, 4.69) is 24.2 Å². The summed E-state index contributed by atoms with van der Waals surface area (Å²) in [6.07, 6.45) is -0.511. The van der Waals surface area contributed by atoms with Gasteiger partial charge in [0.1, 0.15) is 18.5 Å². The molecule has 0 saturated carbocycles. The Labute approximate surface area is 120 Å². The summed E-state index contributed by atoms with van der Waals surface area (Å²) in [5.74, 6) is 0.717. The van der Waals surface area contributed by atoms with E-state index in [1.165, 1.54) is 0 Å². The third kappa shape index (κ3) is 7.38. The van der Waals surface area contributed by atoms with Gasteiger partial charge >= 0.3 is 0 Å². The van der Waals surface area contributed by atoms with E-state index < -0.39 is 6.10 Å². The molecule has 0 amide bonds. The maximum Gasteiger partial charge on any atom is 0.119 e. The van der Waals surface area contributed by atoms with Crippen LogP contribution in [-0.4, -0.2) is 55.9 Å². The predicted octanol–water partition coefficient (Wildman–Crippen LogP) is 1.62. The van der Waals surface area contributed by atoms with Crippen molar-refractivity contribution in [3.63, 3.8) is 0 Å². The molecule has 0 aliphatic heterocycles. The highest BCUT2D eigenvalue weighted by molar-refractivity contribution is 6.30. The smallest absolute Gasteiger partial charge is 0.119 e. The summed E-state index contributed by atoms with van der Waals surface area (Å²) in [5, 5.41) is 13.6. The first-order valence-electron chi connectivity index (χ1n) is 6.57. The molecule has 0 fully saturated rings. The standard InChI is InChI=1S/C14H23ClN2O2/c1-3-17(2)9-8-16-10-13(18)11-19-14-6-4-12(15)5-7-14/h4-7,13,16,18H,3,8-11H2,1-2H3. The summed E-state index contributed by atoms with van der Waals surface area (Å²) in [6.45, 7) is 5.80. The minimum Gasteiger partial charge on any atom is -0.491 e. The van der Waals surface area contributed by atoms with Crippen molar-refractivity contribution >= 4 is 11.6 Å². The predicted molar refractivity (Wildman–Crippen MR) is 79.0 cm³/mol. The number of likely N-dealkylation sites (N-methyl/N-ethyl adjacent to an activating group) is 1. The molecular formula is C14H23ClN2O2. The average molecular weight is 287 g/mol. The largest absolute Gasteiger partial charge is 0.491 e. The van der Waals surface area contributed by atoms with E-state index in [1.54, 1.807) is 24.3 Å². The van der Waals surface area contributed by atoms with Crippen molar-refractivity contribution in [2.75, 3.05) is 39.8 Å². The Bertz CT molecular complexity index is 346. The number of halogens is 1. The Balaban J connectivity index is 2.10. The molecule has 0 saturated heterocycles. The number of hydrogen-bond acceptors (Lipinski definition) is 4. The molecule has 1 unspecified atom stereocenters. The van der Waals surface area contributed by atoms with Gasteiger partial charge in [-0.15, -0.1) is 0 Å². The molecule has 0 aromatic heterocycles. The molecule has 2 N–H and O–H groups in total. The van der Waals surface area contributed by atoms with Crippen LogP contribution in [0.25, 0.3) is 0 Å². The zero-order chi connectivity index (χ0) is 14.1. The number of ether oxygens (including phenoxy) is 1. The van der Waals surface area contributed by atoms with E-state index in [9.17, 15) is 5.11 Å². The van der Waals surface area contributed by atoms with Crippen LogP contribution in [0.15, 0.2) is 24.3 Å². The normalized spacial score (nSPS) is 12.7. The Morgan fingerprint density at radius 1 is 1.37 bits per heavy atom. The maximum atomic E-state index is 9.76. The zero-order valence-corrected chi connectivity index (χ0v) is 12.4. The molecule has 0 heterocycles. The number of aliphatic hydroxyl groups is 1. The lowest BCUT2D eigenvalue weighted by Gasteiger charge is -2.16. The highest BCUT2D eigenvalue weighted by Gasteiger charge is 2.05. The fourth-order valence-corrected chi connectivity index (χ4v) is 1.60. The minimum absolute atomic E-state index is 0.276. The number of benzene rings is 1. The quantitative estimate of drug-likeness (QED) is 0.677. The number of hydrogen-bond donors (Lipinski definition) is 2. The third-order valence-electron chi connectivity index (χ3n) is 2.85. The summed E-state index contributed by atoms with van der Waals surface area (Å²) in [5.41, 5.74) is 0. The number of rotatable bonds is 9. The fraction of sp³-hybridized carbons (Fsp3) is 0.571. The molecule has 5 heteroatoms. The van der Waals surface area contributed by atoms with Gasteiger partial charge in [0.15, 0.2) is 0 Å². The molecule has 0 aliphatic rings. The molecule has 1 aromatic rings. The van der Waals surface area contributed by atoms with Gasteiger partial charge in [-0.05, 0) is 37.9 Å². The van der Waals surface area contributed by atoms with Crippen molar-refractivity contribution in [2.45, 2.75) is 13.0 Å². The van der Waals surface area contributed by atoms with E-state index in [-0.39, 0.29) is 6.61 Å². The molecule has 0 bridgehead atoms. The first-order chi connectivity index (χ1) is 9.11. The maximum absolute atomic E-state index is 9.76. The van der Waals surface area contributed by atoms with Crippen LogP contribution in [0.1, 0.15) is 6.92 Å². The Morgan fingerprint density at radius 2 is 2.05 bits per heavy atom. The van der Waals surface area contributed by atoms with Gasteiger partial charge in [0, 0.05) is 24.7 Å². The van der Waals surface area contributed by atoms with Crippen molar-refractivity contribution in [3.8, 4) is 5.75 Å². The van der Waals surface area contributed by atoms with Crippen molar-refractivity contribution in [3.05, 3.63) is 29.3 Å². The van der Waals surface area contributed by atoms with Crippen LogP contribution in [-0.2, 0) is 0 Å². The minimum atomic E-state index is -0.511. The van der Waals surface area contributed by atoms with Gasteiger partial charge in [-0.2, -0.15) is 0 Å². The topological polar surface area (TPSA) is 44.7 Å². The van der Waals surface area contributed by atoms with Gasteiger partial charge in [-0.3, -0.25) is 0 Å². The van der Waals surface area contributed by atoms with Gasteiger partial charge in [0.2, 0.25) is 0 Å². The van der Waals surface area contributed by atoms with Crippen molar-refractivity contribution in [1.29, 1.82) is 0 Å². The van der Waals surface area contributed by atoms with Crippen molar-refractivity contribution in [2.24, 2.45) is 0 Å². The van der Waals surface area contributed by atoms with Crippen LogP contribution in [0.2, 0.25) is 5.02 Å². The number of nitrogens with one attached hydrogen (secondary N) is 1. The van der Waals surface area contributed by atoms with Crippen LogP contribution in [0, 0.1) is 0 Å². The van der Waals surface area contributed by atoms with Gasteiger partial charge < -0.3 is 20.1 Å². The monoisotopic (exact) mass is 286 g/mol. The Kier molecular flexibility index (Phi) is 7.82. The lowest BCUT2D eigenvalue weighted by molar-refractivity contribution is 0.106. The van der Waals surface area contributed by atoms with Crippen LogP contribution in [0.4, 0.5) is 0 Å². The average Bonchev–Trinajstić information content (AvgIpc) is 2.42. The molecule has 1 aromatic carbocycles. The van der Waals surface area contributed by atoms with E-state index in [1.807, 2.05) is 0 Å². The molecule has 1 atom stereocenters. The van der Waals surface area contributed by atoms with Gasteiger partial charge in [0.25, 0.3) is 0 Å². The van der Waals surface area contributed by atoms with Gasteiger partial charge in [-0.25, -0.2) is 0 Å². The van der Waals surface area contributed by atoms with E-state index in [4.69, 9.17) is 16.3 Å². The lowest BCUT2D eigenvalue weighted by Crippen LogP contribution is -2.36. The Morgan fingerprint density at radius 3 is 2.68 bits per heavy atom. The SMILES string of the molecule is CCN(C)CCNCC(O)COc1ccc(Cl)cc1. The van der Waals surface area contributed by atoms with E-state index in [0.29, 0.717) is 17.3 Å².